The molecule has 0 bridgehead atoms. The van der Waals surface area contributed by atoms with E-state index in [1.165, 1.54) is 124 Å². The first kappa shape index (κ1) is 141. The highest BCUT2D eigenvalue weighted by Crippen LogP contribution is 2.46. The van der Waals surface area contributed by atoms with E-state index >= 15 is 0 Å². The zero-order valence-electron chi connectivity index (χ0n) is 93.6. The van der Waals surface area contributed by atoms with Gasteiger partial charge in [0, 0.05) is 128 Å². The number of hydrogen-bond donors (Lipinski definition) is 0. The molecular weight excluding hydrogens is 1820 g/mol. The normalized spacial score (nSPS) is 20.5. The average Bonchev–Trinajstić information content (AvgIpc) is 0.824. The lowest BCUT2D eigenvalue weighted by atomic mass is 9.64. The highest BCUT2D eigenvalue weighted by Gasteiger charge is 2.37. The third kappa shape index (κ3) is 74.8. The van der Waals surface area contributed by atoms with Gasteiger partial charge in [0.05, 0.1) is 55.8 Å². The minimum atomic E-state index is -3.12. The molecule has 0 N–H and O–H groups in total. The Hall–Kier alpha value is 1.17. The van der Waals surface area contributed by atoms with E-state index in [4.69, 9.17) is 27.5 Å². The number of alkyl halides is 4. The first-order chi connectivity index (χ1) is 59.8. The Morgan fingerprint density at radius 3 is 1.27 bits per heavy atom. The van der Waals surface area contributed by atoms with Crippen molar-refractivity contribution in [3.63, 3.8) is 0 Å². The van der Waals surface area contributed by atoms with Crippen LogP contribution in [0.1, 0.15) is 272 Å². The van der Waals surface area contributed by atoms with Gasteiger partial charge in [-0.2, -0.15) is 0 Å². The van der Waals surface area contributed by atoms with Crippen molar-refractivity contribution < 1.29 is 45.1 Å². The zero-order valence-corrected chi connectivity index (χ0v) is 113. The van der Waals surface area contributed by atoms with Gasteiger partial charge in [-0.1, -0.05) is 383 Å². The van der Waals surface area contributed by atoms with Gasteiger partial charge in [0.25, 0.3) is 5.92 Å². The topological polar surface area (TPSA) is 55.4 Å². The molecule has 0 saturated heterocycles. The molecule has 127 heavy (non-hydrogen) atoms. The van der Waals surface area contributed by atoms with Crippen molar-refractivity contribution >= 4 is 147 Å². The van der Waals surface area contributed by atoms with E-state index in [1.54, 1.807) is 74.6 Å². The van der Waals surface area contributed by atoms with Crippen LogP contribution in [0, 0.1) is 58.7 Å². The van der Waals surface area contributed by atoms with Crippen LogP contribution >= 0.6 is 0 Å². The van der Waals surface area contributed by atoms with Crippen molar-refractivity contribution in [1.29, 1.82) is 0 Å². The van der Waals surface area contributed by atoms with E-state index in [0.29, 0.717) is 78.6 Å². The van der Waals surface area contributed by atoms with Crippen LogP contribution in [-0.2, 0) is 27.5 Å². The summed E-state index contributed by atoms with van der Waals surface area (Å²) in [4.78, 5) is 0. The molecule has 0 amide bonds. The van der Waals surface area contributed by atoms with Crippen molar-refractivity contribution in [3.8, 4) is 0 Å². The number of halogens is 4. The minimum Gasteiger partial charge on any atom is -0.418 e. The molecule has 0 heterocycles. The molecule has 2 saturated carbocycles. The molecule has 0 radical (unpaired) electrons. The molecule has 764 valence electrons. The second-order valence-electron chi connectivity index (χ2n) is 41.9. The summed E-state index contributed by atoms with van der Waals surface area (Å²) in [7, 11) is 1.80. The van der Waals surface area contributed by atoms with Gasteiger partial charge in [-0.3, -0.25) is 4.39 Å². The largest absolute Gasteiger partial charge is 0.418 e. The van der Waals surface area contributed by atoms with Crippen molar-refractivity contribution in [2.24, 2.45) is 58.7 Å². The van der Waals surface area contributed by atoms with Crippen LogP contribution in [0.4, 0.5) is 17.6 Å². The maximum absolute atomic E-state index is 12.2. The van der Waals surface area contributed by atoms with Crippen LogP contribution in [0.5, 0.6) is 0 Å². The predicted octanol–water partition coefficient (Wildman–Crippen LogP) is 25.7. The molecule has 0 spiro atoms. The lowest BCUT2D eigenvalue weighted by Gasteiger charge is -2.42. The van der Waals surface area contributed by atoms with Gasteiger partial charge < -0.3 is 27.5 Å². The van der Waals surface area contributed by atoms with E-state index in [2.05, 4.69) is 292 Å². The van der Waals surface area contributed by atoms with Crippen molar-refractivity contribution in [1.82, 2.24) is 0 Å². The predicted molar refractivity (Wildman–Crippen MR) is 625 cm³/mol. The lowest BCUT2D eigenvalue weighted by molar-refractivity contribution is -0.0708. The summed E-state index contributed by atoms with van der Waals surface area (Å²) in [6.07, 6.45) is 20.1. The molecule has 2 fully saturated rings. The van der Waals surface area contributed by atoms with Crippen LogP contribution in [0.2, 0.25) is 180 Å². The molecule has 2 aliphatic rings. The summed E-state index contributed by atoms with van der Waals surface area (Å²) in [6, 6.07) is 25.0. The van der Waals surface area contributed by atoms with Crippen molar-refractivity contribution in [2.45, 2.75) is 446 Å². The molecule has 18 unspecified atom stereocenters. The lowest BCUT2D eigenvalue weighted by Crippen LogP contribution is -2.41. The van der Waals surface area contributed by atoms with Gasteiger partial charge in [0.15, 0.2) is 24.8 Å². The van der Waals surface area contributed by atoms with E-state index < -0.39 is 69.9 Å². The fourth-order valence-corrected chi connectivity index (χ4v) is 68.9. The van der Waals surface area contributed by atoms with E-state index in [1.807, 2.05) is 0 Å². The van der Waals surface area contributed by atoms with Crippen LogP contribution in [0.3, 0.4) is 0 Å². The van der Waals surface area contributed by atoms with Crippen LogP contribution < -0.4 is 10.4 Å². The molecule has 6 nitrogen and oxygen atoms in total. The molecule has 18 atom stereocenters. The molecule has 4 rings (SSSR count). The van der Waals surface area contributed by atoms with Gasteiger partial charge in [-0.25, -0.2) is 13.2 Å². The number of benzene rings is 2. The van der Waals surface area contributed by atoms with Crippen LogP contribution in [-0.4, -0.2) is 217 Å². The smallest absolute Gasteiger partial charge is 0.278 e. The Bertz CT molecular complexity index is 2600. The number of methoxy groups -OCH3 is 3. The van der Waals surface area contributed by atoms with E-state index in [0.717, 1.165) is 102 Å². The monoisotopic (exact) mass is 2050 g/mol. The zero-order chi connectivity index (χ0) is 99.2. The molecule has 0 aliphatic heterocycles. The molecular formula is C102H232F4O6Si15. The molecule has 0 aromatic heterocycles. The maximum Gasteiger partial charge on any atom is 0.278 e. The van der Waals surface area contributed by atoms with Crippen molar-refractivity contribution in [3.05, 3.63) is 59.7 Å². The Labute approximate surface area is 824 Å². The van der Waals surface area contributed by atoms with Gasteiger partial charge in [-0.15, -0.1) is 0 Å². The Morgan fingerprint density at radius 1 is 0.472 bits per heavy atom. The third-order valence-corrected chi connectivity index (χ3v) is 83.2. The highest BCUT2D eigenvalue weighted by molar-refractivity contribution is 6.93. The summed E-state index contributed by atoms with van der Waals surface area (Å²) in [5.41, 5.74) is 14.8. The summed E-state index contributed by atoms with van der Waals surface area (Å²) >= 11 is 0. The Kier molecular flexibility index (Phi) is 99.8. The Balaban J connectivity index is -0.000000252. The van der Waals surface area contributed by atoms with E-state index in [9.17, 15) is 17.6 Å². The fraction of sp³-hybridized carbons (Fsp3) is 0.882. The summed E-state index contributed by atoms with van der Waals surface area (Å²) in [6.45, 7) is 92.1. The molecule has 2 aromatic carbocycles. The van der Waals surface area contributed by atoms with Gasteiger partial charge in [0.2, 0.25) is 9.04 Å². The number of ether oxygens (including phenoxy) is 3. The number of hydrogen-bond acceptors (Lipinski definition) is 6. The molecule has 2 aromatic rings. The third-order valence-electron chi connectivity index (χ3n) is 30.1. The quantitative estimate of drug-likeness (QED) is 0.0374. The highest BCUT2D eigenvalue weighted by atomic mass is 28.4. The maximum atomic E-state index is 12.2. The van der Waals surface area contributed by atoms with Gasteiger partial charge in [-0.05, 0) is 180 Å². The summed E-state index contributed by atoms with van der Waals surface area (Å²) in [5.74, 6) is 5.35. The second kappa shape index (κ2) is 89.8. The van der Waals surface area contributed by atoms with E-state index in [-0.39, 0.29) is 44.8 Å². The van der Waals surface area contributed by atoms with Crippen molar-refractivity contribution in [2.75, 3.05) is 74.3 Å². The second-order valence-corrected chi connectivity index (χ2v) is 83.9. The molecule has 2 aliphatic carbocycles. The average molecular weight is 2050 g/mol. The van der Waals surface area contributed by atoms with Crippen LogP contribution in [0.15, 0.2) is 48.5 Å². The van der Waals surface area contributed by atoms with Gasteiger partial charge >= 0.3 is 0 Å². The summed E-state index contributed by atoms with van der Waals surface area (Å²) in [5, 5.41) is 2.94. The van der Waals surface area contributed by atoms with Crippen LogP contribution in [0.25, 0.3) is 0 Å². The van der Waals surface area contributed by atoms with Gasteiger partial charge in [0.1, 0.15) is 0 Å². The summed E-state index contributed by atoms with van der Waals surface area (Å²) < 4.78 is 79.3. The first-order valence-electron chi connectivity index (χ1n) is 53.8. The standard InChI is InChI=1S/C14H24O2Si.C13H28Si.C12H32O2Si3.C11H24Si.C11H18Si.C9H22O2Si.C9H26Si3.C8H22Si2.C6H11F3.C6H16Si.C3H9FSi/c1-5-12(2)13-6-8-14(9-7-13)17(4)16-11-10-15-3;1-10(9-14-5)12-6-7-13(3,4)11(2)8-12;1-7-12(2)17(6,10-15-4)11-16(5)14-9-8-13-3;1-9-4-5-11(6-7-12-3)8-10(9)2;1-4-9(2)10-5-7-11(12-3)8-6-10;1-5-9(2)8-12(4)11-7-6-10-3;1-6-9(2)12(5,7-10-3)8-11-4;1-6-8(2)10(4,5)7-9-3;1-3-5(2)6(8,9)4-7;1-4-6(2)5-7-3;1-5-3-2-4/h6-9,12,17H,5,10-11H2,1-4H3;10-12H,6-9,14H2,1-5H3;12,16H,7-11,15H2,1-6H3;9-11H,4-8,12H2,1-3H3;5-9H,4,12H2,1-3H3;9,12H,5-8H2,1-4H3;9H,6-8,10-11H2,1-5H3;8H,6-7,9H2,1-5H3;5H,3-4H2,1-2H3;6H,4-5,7H2,1-3H3;2-3,5H2,1H3. The fourth-order valence-electron chi connectivity index (χ4n) is 17.1. The minimum absolute atomic E-state index is 0.0390. The number of rotatable bonds is 51. The SMILES string of the molecule is CCC(C)C(F)(F)CF.CCC(C)C[SiH2]C.CCC(C)C[SiH](C)OCCOC.CCC(C)[Si](C)(C)C[SiH2]C.CCC(C)[Si](C)(C[SiH2]C)C[SiH2]C.CCC(C)[Si](C)(C[SiH2]C)C[SiH](C)OCCOC.CCC(C)c1ccc([SiH2]C)cc1.CCC(C)c1ccc([SiH](C)OCCOC)cc1.C[SiH2]CC(C)C1CCC(C)(C)C(C)C1.C[SiH2]CCC1CCC(C)C(C)C1.C[SiH2]CCF. The Morgan fingerprint density at radius 2 is 0.913 bits per heavy atom. The first-order valence-corrected chi connectivity index (χ1v) is 91.6. The molecule has 25 heteroatoms.